The second-order valence-corrected chi connectivity index (χ2v) is 5.87. The van der Waals surface area contributed by atoms with Crippen LogP contribution in [0.3, 0.4) is 0 Å². The van der Waals surface area contributed by atoms with Gasteiger partial charge in [0.05, 0.1) is 10.2 Å². The maximum absolute atomic E-state index is 4.70. The van der Waals surface area contributed by atoms with Crippen molar-refractivity contribution in [1.29, 1.82) is 0 Å². The Balaban J connectivity index is 2.19. The molecule has 0 saturated heterocycles. The summed E-state index contributed by atoms with van der Waals surface area (Å²) in [5, 5.41) is 4.26. The molecule has 0 fully saturated rings. The van der Waals surface area contributed by atoms with E-state index in [1.807, 2.05) is 25.2 Å². The molecule has 18 heavy (non-hydrogen) atoms. The molecule has 0 aliphatic heterocycles. The van der Waals surface area contributed by atoms with E-state index >= 15 is 0 Å². The lowest BCUT2D eigenvalue weighted by Crippen LogP contribution is -1.90. The number of aromatic nitrogens is 1. The number of anilines is 1. The van der Waals surface area contributed by atoms with Crippen LogP contribution in [0.1, 0.15) is 0 Å². The molecule has 3 aromatic rings. The Labute approximate surface area is 118 Å². The van der Waals surface area contributed by atoms with Crippen molar-refractivity contribution >= 4 is 43.2 Å². The van der Waals surface area contributed by atoms with Gasteiger partial charge in [0.1, 0.15) is 5.01 Å². The first-order chi connectivity index (χ1) is 8.78. The summed E-state index contributed by atoms with van der Waals surface area (Å²) >= 11 is 5.19. The molecule has 0 atom stereocenters. The van der Waals surface area contributed by atoms with Crippen LogP contribution in [0.5, 0.6) is 0 Å². The monoisotopic (exact) mass is 318 g/mol. The molecule has 0 amide bonds. The van der Waals surface area contributed by atoms with Gasteiger partial charge in [0.25, 0.3) is 0 Å². The second kappa shape index (κ2) is 4.71. The van der Waals surface area contributed by atoms with Crippen LogP contribution in [-0.2, 0) is 0 Å². The van der Waals surface area contributed by atoms with Crippen molar-refractivity contribution in [2.24, 2.45) is 0 Å². The molecular weight excluding hydrogens is 308 g/mol. The van der Waals surface area contributed by atoms with Crippen LogP contribution in [0.4, 0.5) is 5.69 Å². The van der Waals surface area contributed by atoms with Gasteiger partial charge < -0.3 is 5.32 Å². The Morgan fingerprint density at radius 3 is 2.83 bits per heavy atom. The summed E-state index contributed by atoms with van der Waals surface area (Å²) in [7, 11) is 1.93. The molecule has 0 bridgehead atoms. The fraction of sp³-hybridized carbons (Fsp3) is 0.0714. The first kappa shape index (κ1) is 11.7. The number of para-hydroxylation sites is 1. The molecule has 1 heterocycles. The SMILES string of the molecule is CNc1ccccc1-c1nc2cc(Br)ccc2s1. The van der Waals surface area contributed by atoms with E-state index in [0.717, 1.165) is 26.2 Å². The lowest BCUT2D eigenvalue weighted by Gasteiger charge is -2.04. The number of nitrogens with zero attached hydrogens (tertiary/aromatic N) is 1. The highest BCUT2D eigenvalue weighted by Gasteiger charge is 2.09. The lowest BCUT2D eigenvalue weighted by molar-refractivity contribution is 1.44. The third kappa shape index (κ3) is 2.02. The van der Waals surface area contributed by atoms with Gasteiger partial charge in [-0.05, 0) is 30.3 Å². The molecule has 0 saturated carbocycles. The van der Waals surface area contributed by atoms with E-state index in [1.165, 1.54) is 4.70 Å². The van der Waals surface area contributed by atoms with Gasteiger partial charge in [-0.1, -0.05) is 28.1 Å². The van der Waals surface area contributed by atoms with Gasteiger partial charge in [-0.3, -0.25) is 0 Å². The Hall–Kier alpha value is -1.39. The molecule has 1 N–H and O–H groups in total. The predicted octanol–water partition coefficient (Wildman–Crippen LogP) is 4.77. The Bertz CT molecular complexity index is 706. The molecule has 90 valence electrons. The van der Waals surface area contributed by atoms with E-state index in [4.69, 9.17) is 4.98 Å². The van der Waals surface area contributed by atoms with Crippen LogP contribution in [0.25, 0.3) is 20.8 Å². The third-order valence-electron chi connectivity index (χ3n) is 2.78. The van der Waals surface area contributed by atoms with Gasteiger partial charge in [0.15, 0.2) is 0 Å². The summed E-state index contributed by atoms with van der Waals surface area (Å²) in [6.45, 7) is 0. The molecule has 0 radical (unpaired) electrons. The number of benzene rings is 2. The zero-order chi connectivity index (χ0) is 12.5. The standard InChI is InChI=1S/C14H11BrN2S/c1-16-11-5-3-2-4-10(11)14-17-12-8-9(15)6-7-13(12)18-14/h2-8,16H,1H3. The normalized spacial score (nSPS) is 10.8. The molecule has 3 rings (SSSR count). The maximum atomic E-state index is 4.70. The minimum absolute atomic E-state index is 1.04. The Morgan fingerprint density at radius 1 is 1.17 bits per heavy atom. The topological polar surface area (TPSA) is 24.9 Å². The number of thiazole rings is 1. The van der Waals surface area contributed by atoms with Crippen molar-refractivity contribution in [3.8, 4) is 10.6 Å². The van der Waals surface area contributed by atoms with Gasteiger partial charge >= 0.3 is 0 Å². The van der Waals surface area contributed by atoms with Gasteiger partial charge in [-0.2, -0.15) is 0 Å². The van der Waals surface area contributed by atoms with Crippen molar-refractivity contribution in [2.75, 3.05) is 12.4 Å². The zero-order valence-electron chi connectivity index (χ0n) is 9.77. The minimum Gasteiger partial charge on any atom is -0.388 e. The van der Waals surface area contributed by atoms with E-state index < -0.39 is 0 Å². The molecule has 0 aliphatic rings. The van der Waals surface area contributed by atoms with Crippen molar-refractivity contribution in [3.63, 3.8) is 0 Å². The minimum atomic E-state index is 1.04. The van der Waals surface area contributed by atoms with Crippen LogP contribution < -0.4 is 5.32 Å². The van der Waals surface area contributed by atoms with Crippen molar-refractivity contribution in [1.82, 2.24) is 4.98 Å². The molecular formula is C14H11BrN2S. The smallest absolute Gasteiger partial charge is 0.126 e. The summed E-state index contributed by atoms with van der Waals surface area (Å²) in [6, 6.07) is 14.4. The van der Waals surface area contributed by atoms with Crippen LogP contribution >= 0.6 is 27.3 Å². The molecule has 2 aromatic carbocycles. The number of hydrogen-bond donors (Lipinski definition) is 1. The van der Waals surface area contributed by atoms with Crippen molar-refractivity contribution < 1.29 is 0 Å². The highest BCUT2D eigenvalue weighted by molar-refractivity contribution is 9.10. The molecule has 2 nitrogen and oxygen atoms in total. The van der Waals surface area contributed by atoms with E-state index in [9.17, 15) is 0 Å². The van der Waals surface area contributed by atoms with Gasteiger partial charge in [-0.15, -0.1) is 11.3 Å². The molecule has 1 aromatic heterocycles. The molecule has 0 aliphatic carbocycles. The average Bonchev–Trinajstić information content (AvgIpc) is 2.81. The van der Waals surface area contributed by atoms with E-state index in [1.54, 1.807) is 11.3 Å². The van der Waals surface area contributed by atoms with Gasteiger partial charge in [0, 0.05) is 22.8 Å². The predicted molar refractivity (Wildman–Crippen MR) is 82.3 cm³/mol. The first-order valence-corrected chi connectivity index (χ1v) is 7.22. The van der Waals surface area contributed by atoms with Gasteiger partial charge in [-0.25, -0.2) is 4.98 Å². The molecule has 0 unspecified atom stereocenters. The summed E-state index contributed by atoms with van der Waals surface area (Å²) < 4.78 is 2.27. The Kier molecular flexibility index (Phi) is 3.06. The van der Waals surface area contributed by atoms with E-state index in [2.05, 4.69) is 45.5 Å². The largest absolute Gasteiger partial charge is 0.388 e. The number of rotatable bonds is 2. The Morgan fingerprint density at radius 2 is 2.00 bits per heavy atom. The van der Waals surface area contributed by atoms with Crippen molar-refractivity contribution in [2.45, 2.75) is 0 Å². The summed E-state index contributed by atoms with van der Waals surface area (Å²) in [5.74, 6) is 0. The fourth-order valence-corrected chi connectivity index (χ4v) is 3.24. The summed E-state index contributed by atoms with van der Waals surface area (Å²) in [6.07, 6.45) is 0. The van der Waals surface area contributed by atoms with E-state index in [0.29, 0.717) is 0 Å². The second-order valence-electron chi connectivity index (χ2n) is 3.93. The highest BCUT2D eigenvalue weighted by Crippen LogP contribution is 2.34. The lowest BCUT2D eigenvalue weighted by atomic mass is 10.2. The van der Waals surface area contributed by atoms with Crippen LogP contribution in [0.2, 0.25) is 0 Å². The quantitative estimate of drug-likeness (QED) is 0.736. The zero-order valence-corrected chi connectivity index (χ0v) is 12.2. The van der Waals surface area contributed by atoms with Crippen LogP contribution in [0.15, 0.2) is 46.9 Å². The van der Waals surface area contributed by atoms with Crippen molar-refractivity contribution in [3.05, 3.63) is 46.9 Å². The number of hydrogen-bond acceptors (Lipinski definition) is 3. The number of fused-ring (bicyclic) bond motifs is 1. The van der Waals surface area contributed by atoms with Crippen LogP contribution in [-0.4, -0.2) is 12.0 Å². The fourth-order valence-electron chi connectivity index (χ4n) is 1.90. The number of nitrogens with one attached hydrogen (secondary N) is 1. The average molecular weight is 319 g/mol. The first-order valence-electron chi connectivity index (χ1n) is 5.61. The highest BCUT2D eigenvalue weighted by atomic mass is 79.9. The maximum Gasteiger partial charge on any atom is 0.126 e. The van der Waals surface area contributed by atoms with Crippen LogP contribution in [0, 0.1) is 0 Å². The number of halogens is 1. The summed E-state index contributed by atoms with van der Waals surface area (Å²) in [4.78, 5) is 4.70. The van der Waals surface area contributed by atoms with Gasteiger partial charge in [0.2, 0.25) is 0 Å². The molecule has 4 heteroatoms. The van der Waals surface area contributed by atoms with E-state index in [-0.39, 0.29) is 0 Å². The molecule has 0 spiro atoms. The third-order valence-corrected chi connectivity index (χ3v) is 4.34. The summed E-state index contributed by atoms with van der Waals surface area (Å²) in [5.41, 5.74) is 3.29.